The number of hydrogen-bond acceptors (Lipinski definition) is 1. The second kappa shape index (κ2) is 4.21. The lowest BCUT2D eigenvalue weighted by molar-refractivity contribution is -0.115. The van der Waals surface area contributed by atoms with Crippen molar-refractivity contribution in [3.05, 3.63) is 35.9 Å². The van der Waals surface area contributed by atoms with Crippen molar-refractivity contribution in [1.82, 2.24) is 0 Å². The maximum Gasteiger partial charge on any atom is 0.256 e. The number of benzene rings is 1. The topological polar surface area (TPSA) is 17.1 Å². The number of halogens is 2. The summed E-state index contributed by atoms with van der Waals surface area (Å²) in [4.78, 5) is 10.3. The summed E-state index contributed by atoms with van der Waals surface area (Å²) in [5.41, 5.74) is 0.777. The Bertz CT molecular complexity index is 260. The Kier molecular flexibility index (Phi) is 3.23. The second-order valence-electron chi connectivity index (χ2n) is 2.46. The van der Waals surface area contributed by atoms with Crippen molar-refractivity contribution in [3.8, 4) is 0 Å². The fraction of sp³-hybridized carbons (Fsp3) is 0.222. The maximum atomic E-state index is 12.7. The molecule has 0 heterocycles. The highest BCUT2D eigenvalue weighted by molar-refractivity contribution is 6.64. The maximum absolute atomic E-state index is 12.7. The highest BCUT2D eigenvalue weighted by Gasteiger charge is 2.14. The van der Waals surface area contributed by atoms with Crippen LogP contribution in [-0.2, 0) is 11.2 Å². The first-order valence-electron chi connectivity index (χ1n) is 3.57. The zero-order chi connectivity index (χ0) is 8.97. The van der Waals surface area contributed by atoms with Gasteiger partial charge in [0.05, 0.1) is 0 Å². The van der Waals surface area contributed by atoms with Gasteiger partial charge in [0, 0.05) is 6.42 Å². The van der Waals surface area contributed by atoms with E-state index in [1.54, 1.807) is 24.3 Å². The molecular formula is C9H8ClFO. The second-order valence-corrected chi connectivity index (χ2v) is 2.83. The van der Waals surface area contributed by atoms with Crippen LogP contribution in [-0.4, -0.2) is 11.4 Å². The molecule has 0 bridgehead atoms. The van der Waals surface area contributed by atoms with Crippen LogP contribution in [0.2, 0.25) is 0 Å². The van der Waals surface area contributed by atoms with Crippen LogP contribution in [0.1, 0.15) is 5.56 Å². The first kappa shape index (κ1) is 9.20. The van der Waals surface area contributed by atoms with E-state index in [9.17, 15) is 9.18 Å². The van der Waals surface area contributed by atoms with Gasteiger partial charge in [-0.3, -0.25) is 4.79 Å². The first-order valence-corrected chi connectivity index (χ1v) is 3.95. The van der Waals surface area contributed by atoms with Crippen LogP contribution in [0, 0.1) is 0 Å². The van der Waals surface area contributed by atoms with E-state index in [1.165, 1.54) is 0 Å². The zero-order valence-corrected chi connectivity index (χ0v) is 7.09. The summed E-state index contributed by atoms with van der Waals surface area (Å²) in [6, 6.07) is 8.93. The van der Waals surface area contributed by atoms with Gasteiger partial charge in [-0.15, -0.1) is 0 Å². The average molecular weight is 187 g/mol. The lowest BCUT2D eigenvalue weighted by Gasteiger charge is -2.01. The summed E-state index contributed by atoms with van der Waals surface area (Å²) in [6.45, 7) is 0. The molecule has 1 unspecified atom stereocenters. The smallest absolute Gasteiger partial charge is 0.256 e. The first-order chi connectivity index (χ1) is 5.70. The van der Waals surface area contributed by atoms with E-state index in [2.05, 4.69) is 0 Å². The molecular weight excluding hydrogens is 179 g/mol. The number of carbonyl (C=O) groups excluding carboxylic acids is 1. The summed E-state index contributed by atoms with van der Waals surface area (Å²) >= 11 is 4.96. The number of carbonyl (C=O) groups is 1. The van der Waals surface area contributed by atoms with E-state index in [1.807, 2.05) is 6.07 Å². The SMILES string of the molecule is O=C(Cl)C(F)Cc1ccccc1. The average Bonchev–Trinajstić information content (AvgIpc) is 2.06. The van der Waals surface area contributed by atoms with E-state index in [-0.39, 0.29) is 6.42 Å². The predicted molar refractivity (Wildman–Crippen MR) is 45.9 cm³/mol. The molecule has 0 aliphatic heterocycles. The molecule has 1 nitrogen and oxygen atoms in total. The molecule has 1 aromatic rings. The van der Waals surface area contributed by atoms with E-state index in [4.69, 9.17) is 11.6 Å². The van der Waals surface area contributed by atoms with Gasteiger partial charge in [-0.05, 0) is 17.2 Å². The highest BCUT2D eigenvalue weighted by Crippen LogP contribution is 2.07. The molecule has 3 heteroatoms. The summed E-state index contributed by atoms with van der Waals surface area (Å²) in [7, 11) is 0. The van der Waals surface area contributed by atoms with Crippen LogP contribution in [0.3, 0.4) is 0 Å². The number of alkyl halides is 1. The molecule has 12 heavy (non-hydrogen) atoms. The van der Waals surface area contributed by atoms with Gasteiger partial charge < -0.3 is 0 Å². The third kappa shape index (κ3) is 2.62. The molecule has 0 saturated heterocycles. The minimum absolute atomic E-state index is 0.0587. The molecule has 0 amide bonds. The molecule has 64 valence electrons. The van der Waals surface area contributed by atoms with Gasteiger partial charge in [0.25, 0.3) is 5.24 Å². The molecule has 0 saturated carbocycles. The van der Waals surface area contributed by atoms with E-state index >= 15 is 0 Å². The van der Waals surface area contributed by atoms with Gasteiger partial charge in [-0.25, -0.2) is 4.39 Å². The third-order valence-corrected chi connectivity index (χ3v) is 1.74. The standard InChI is InChI=1S/C9H8ClFO/c10-9(12)8(11)6-7-4-2-1-3-5-7/h1-5,8H,6H2. The van der Waals surface area contributed by atoms with Crippen LogP contribution in [0.4, 0.5) is 4.39 Å². The molecule has 0 N–H and O–H groups in total. The molecule has 1 atom stereocenters. The van der Waals surface area contributed by atoms with E-state index < -0.39 is 11.4 Å². The largest absolute Gasteiger partial charge is 0.278 e. The minimum atomic E-state index is -1.59. The molecule has 0 radical (unpaired) electrons. The van der Waals surface area contributed by atoms with Crippen molar-refractivity contribution in [2.75, 3.05) is 0 Å². The van der Waals surface area contributed by atoms with E-state index in [0.29, 0.717) is 0 Å². The minimum Gasteiger partial charge on any atom is -0.278 e. The van der Waals surface area contributed by atoms with Crippen molar-refractivity contribution in [2.24, 2.45) is 0 Å². The van der Waals surface area contributed by atoms with Gasteiger partial charge in [-0.2, -0.15) is 0 Å². The van der Waals surface area contributed by atoms with E-state index in [0.717, 1.165) is 5.56 Å². The fourth-order valence-electron chi connectivity index (χ4n) is 0.901. The van der Waals surface area contributed by atoms with Crippen LogP contribution >= 0.6 is 11.6 Å². The van der Waals surface area contributed by atoms with Gasteiger partial charge in [0.2, 0.25) is 0 Å². The Balaban J connectivity index is 2.58. The molecule has 0 aliphatic carbocycles. The number of hydrogen-bond donors (Lipinski definition) is 0. The summed E-state index contributed by atoms with van der Waals surface area (Å²) < 4.78 is 12.7. The van der Waals surface area contributed by atoms with Gasteiger partial charge in [0.1, 0.15) is 0 Å². The zero-order valence-electron chi connectivity index (χ0n) is 6.34. The quantitative estimate of drug-likeness (QED) is 0.663. The van der Waals surface area contributed by atoms with Gasteiger partial charge in [-0.1, -0.05) is 30.3 Å². The monoisotopic (exact) mass is 186 g/mol. The van der Waals surface area contributed by atoms with Crippen molar-refractivity contribution >= 4 is 16.8 Å². The summed E-state index contributed by atoms with van der Waals surface area (Å²) in [6.07, 6.45) is -1.53. The molecule has 0 aromatic heterocycles. The molecule has 1 aromatic carbocycles. The predicted octanol–water partition coefficient (Wildman–Crippen LogP) is 2.33. The van der Waals surface area contributed by atoms with Gasteiger partial charge >= 0.3 is 0 Å². The van der Waals surface area contributed by atoms with Crippen molar-refractivity contribution < 1.29 is 9.18 Å². The van der Waals surface area contributed by atoms with Crippen LogP contribution in [0.25, 0.3) is 0 Å². The normalized spacial score (nSPS) is 12.5. The lowest BCUT2D eigenvalue weighted by Crippen LogP contribution is -2.12. The Morgan fingerprint density at radius 1 is 1.42 bits per heavy atom. The van der Waals surface area contributed by atoms with Crippen LogP contribution in [0.15, 0.2) is 30.3 Å². The van der Waals surface area contributed by atoms with Crippen LogP contribution in [0.5, 0.6) is 0 Å². The molecule has 0 spiro atoms. The Hall–Kier alpha value is -0.890. The summed E-state index contributed by atoms with van der Waals surface area (Å²) in [5, 5.41) is -0.932. The van der Waals surface area contributed by atoms with Gasteiger partial charge in [0.15, 0.2) is 6.17 Å². The fourth-order valence-corrected chi connectivity index (χ4v) is 0.978. The van der Waals surface area contributed by atoms with Crippen LogP contribution < -0.4 is 0 Å². The van der Waals surface area contributed by atoms with Crippen molar-refractivity contribution in [1.29, 1.82) is 0 Å². The highest BCUT2D eigenvalue weighted by atomic mass is 35.5. The Labute approximate surface area is 75.2 Å². The Morgan fingerprint density at radius 3 is 2.50 bits per heavy atom. The van der Waals surface area contributed by atoms with Crippen molar-refractivity contribution in [3.63, 3.8) is 0 Å². The number of rotatable bonds is 3. The molecule has 1 rings (SSSR count). The molecule has 0 fully saturated rings. The Morgan fingerprint density at radius 2 is 2.00 bits per heavy atom. The lowest BCUT2D eigenvalue weighted by atomic mass is 10.1. The summed E-state index contributed by atoms with van der Waals surface area (Å²) in [5.74, 6) is 0. The van der Waals surface area contributed by atoms with Crippen molar-refractivity contribution in [2.45, 2.75) is 12.6 Å². The third-order valence-electron chi connectivity index (χ3n) is 1.50. The molecule has 0 aliphatic rings.